The fourth-order valence-corrected chi connectivity index (χ4v) is 2.86. The van der Waals surface area contributed by atoms with Gasteiger partial charge in [0.1, 0.15) is 0 Å². The Morgan fingerprint density at radius 3 is 2.85 bits per heavy atom. The molecule has 0 heterocycles. The molecule has 20 heavy (non-hydrogen) atoms. The molecular weight excluding hydrogens is 264 g/mol. The topological polar surface area (TPSA) is 49.3 Å². The third kappa shape index (κ3) is 3.33. The zero-order valence-corrected chi connectivity index (χ0v) is 11.4. The van der Waals surface area contributed by atoms with E-state index in [2.05, 4.69) is 5.32 Å². The molecule has 5 heteroatoms. The lowest BCUT2D eigenvalue weighted by Gasteiger charge is -2.30. The fraction of sp³-hybridized carbons (Fsp3) is 0.533. The molecule has 1 aliphatic rings. The molecule has 1 aromatic carbocycles. The summed E-state index contributed by atoms with van der Waals surface area (Å²) in [7, 11) is 0. The number of carbonyl (C=O) groups is 1. The minimum atomic E-state index is -0.858. The molecule has 0 aromatic heterocycles. The summed E-state index contributed by atoms with van der Waals surface area (Å²) < 4.78 is 26.9. The van der Waals surface area contributed by atoms with Gasteiger partial charge in [-0.2, -0.15) is 0 Å². The number of rotatable bonds is 4. The normalized spacial score (nSPS) is 24.4. The first-order valence-electron chi connectivity index (χ1n) is 6.91. The van der Waals surface area contributed by atoms with Crippen LogP contribution >= 0.6 is 0 Å². The maximum atomic E-state index is 13.7. The molecule has 2 rings (SSSR count). The predicted octanol–water partition coefficient (Wildman–Crippen LogP) is 3.26. The van der Waals surface area contributed by atoms with E-state index in [-0.39, 0.29) is 23.6 Å². The second-order valence-electron chi connectivity index (χ2n) is 5.43. The van der Waals surface area contributed by atoms with Crippen molar-refractivity contribution in [2.24, 2.45) is 5.92 Å². The molecule has 3 unspecified atom stereocenters. The third-order valence-corrected chi connectivity index (χ3v) is 3.96. The van der Waals surface area contributed by atoms with E-state index in [1.54, 1.807) is 13.0 Å². The van der Waals surface area contributed by atoms with Crippen LogP contribution in [0.5, 0.6) is 0 Å². The molecule has 0 radical (unpaired) electrons. The largest absolute Gasteiger partial charge is 0.481 e. The van der Waals surface area contributed by atoms with Crippen LogP contribution in [0, 0.1) is 17.6 Å². The number of halogens is 2. The Balaban J connectivity index is 2.02. The molecule has 1 fully saturated rings. The van der Waals surface area contributed by atoms with Gasteiger partial charge in [-0.1, -0.05) is 18.6 Å². The Labute approximate surface area is 117 Å². The van der Waals surface area contributed by atoms with Gasteiger partial charge in [0, 0.05) is 17.6 Å². The van der Waals surface area contributed by atoms with Gasteiger partial charge in [-0.15, -0.1) is 0 Å². The van der Waals surface area contributed by atoms with Crippen molar-refractivity contribution < 1.29 is 18.7 Å². The predicted molar refractivity (Wildman–Crippen MR) is 71.3 cm³/mol. The second kappa shape index (κ2) is 6.31. The van der Waals surface area contributed by atoms with Crippen LogP contribution < -0.4 is 5.32 Å². The van der Waals surface area contributed by atoms with Crippen molar-refractivity contribution in [2.75, 3.05) is 0 Å². The lowest BCUT2D eigenvalue weighted by atomic mass is 9.85. The van der Waals surface area contributed by atoms with E-state index in [1.807, 2.05) is 0 Å². The van der Waals surface area contributed by atoms with Crippen molar-refractivity contribution in [1.29, 1.82) is 0 Å². The van der Waals surface area contributed by atoms with Gasteiger partial charge in [0.05, 0.1) is 5.92 Å². The molecule has 0 amide bonds. The summed E-state index contributed by atoms with van der Waals surface area (Å²) in [5.41, 5.74) is 0.280. The highest BCUT2D eigenvalue weighted by molar-refractivity contribution is 5.70. The minimum Gasteiger partial charge on any atom is -0.481 e. The quantitative estimate of drug-likeness (QED) is 0.891. The molecule has 1 aromatic rings. The molecule has 3 atom stereocenters. The van der Waals surface area contributed by atoms with Crippen LogP contribution in [0.3, 0.4) is 0 Å². The Bertz CT molecular complexity index is 493. The second-order valence-corrected chi connectivity index (χ2v) is 5.43. The first-order valence-corrected chi connectivity index (χ1v) is 6.91. The minimum absolute atomic E-state index is 0.0301. The average molecular weight is 283 g/mol. The van der Waals surface area contributed by atoms with Crippen LogP contribution in [-0.2, 0) is 4.79 Å². The number of hydrogen-bond donors (Lipinski definition) is 2. The van der Waals surface area contributed by atoms with Crippen LogP contribution in [0.1, 0.15) is 44.2 Å². The van der Waals surface area contributed by atoms with E-state index in [0.717, 1.165) is 18.9 Å². The van der Waals surface area contributed by atoms with Gasteiger partial charge in [-0.25, -0.2) is 8.78 Å². The zero-order valence-electron chi connectivity index (χ0n) is 11.4. The van der Waals surface area contributed by atoms with Crippen molar-refractivity contribution in [1.82, 2.24) is 5.32 Å². The van der Waals surface area contributed by atoms with Crippen LogP contribution in [0.2, 0.25) is 0 Å². The summed E-state index contributed by atoms with van der Waals surface area (Å²) in [4.78, 5) is 11.0. The number of hydrogen-bond acceptors (Lipinski definition) is 2. The summed E-state index contributed by atoms with van der Waals surface area (Å²) in [6.45, 7) is 1.77. The first kappa shape index (κ1) is 14.9. The lowest BCUT2D eigenvalue weighted by molar-refractivity contribution is -0.143. The molecular formula is C15H19F2NO2. The standard InChI is InChI=1S/C15H19F2NO2/c1-9(12-6-3-7-13(16)14(12)17)18-11-5-2-4-10(8-11)15(19)20/h3,6-7,9-11,18H,2,4-5,8H2,1H3,(H,19,20). The van der Waals surface area contributed by atoms with Crippen molar-refractivity contribution >= 4 is 5.97 Å². The van der Waals surface area contributed by atoms with Gasteiger partial charge >= 0.3 is 5.97 Å². The molecule has 3 nitrogen and oxygen atoms in total. The van der Waals surface area contributed by atoms with E-state index in [1.165, 1.54) is 6.07 Å². The Kier molecular flexibility index (Phi) is 4.70. The number of carboxylic acids is 1. The highest BCUT2D eigenvalue weighted by atomic mass is 19.2. The van der Waals surface area contributed by atoms with Crippen molar-refractivity contribution in [3.63, 3.8) is 0 Å². The number of aliphatic carboxylic acids is 1. The van der Waals surface area contributed by atoms with Gasteiger partial charge in [-0.05, 0) is 32.3 Å². The van der Waals surface area contributed by atoms with Gasteiger partial charge in [0.25, 0.3) is 0 Å². The summed E-state index contributed by atoms with van der Waals surface area (Å²) >= 11 is 0. The van der Waals surface area contributed by atoms with Crippen LogP contribution in [-0.4, -0.2) is 17.1 Å². The Hall–Kier alpha value is -1.49. The highest BCUT2D eigenvalue weighted by Crippen LogP contribution is 2.27. The fourth-order valence-electron chi connectivity index (χ4n) is 2.86. The monoisotopic (exact) mass is 283 g/mol. The SMILES string of the molecule is CC(NC1CCCC(C(=O)O)C1)c1cccc(F)c1F. The van der Waals surface area contributed by atoms with E-state index in [0.29, 0.717) is 12.8 Å². The summed E-state index contributed by atoms with van der Waals surface area (Å²) in [6.07, 6.45) is 2.94. The molecule has 0 bridgehead atoms. The van der Waals surface area contributed by atoms with Crippen LogP contribution in [0.4, 0.5) is 8.78 Å². The molecule has 0 spiro atoms. The summed E-state index contributed by atoms with van der Waals surface area (Å²) in [5.74, 6) is -2.81. The average Bonchev–Trinajstić information content (AvgIpc) is 2.42. The van der Waals surface area contributed by atoms with E-state index >= 15 is 0 Å². The number of carboxylic acid groups (broad SMARTS) is 1. The maximum Gasteiger partial charge on any atom is 0.306 e. The number of nitrogens with one attached hydrogen (secondary N) is 1. The smallest absolute Gasteiger partial charge is 0.306 e. The van der Waals surface area contributed by atoms with Gasteiger partial charge in [-0.3, -0.25) is 4.79 Å². The molecule has 0 saturated heterocycles. The van der Waals surface area contributed by atoms with Gasteiger partial charge in [0.2, 0.25) is 0 Å². The molecule has 1 aliphatic carbocycles. The summed E-state index contributed by atoms with van der Waals surface area (Å²) in [6, 6.07) is 3.80. The lowest BCUT2D eigenvalue weighted by Crippen LogP contribution is -2.38. The van der Waals surface area contributed by atoms with Crippen LogP contribution in [0.15, 0.2) is 18.2 Å². The maximum absolute atomic E-state index is 13.7. The Morgan fingerprint density at radius 2 is 2.15 bits per heavy atom. The third-order valence-electron chi connectivity index (χ3n) is 3.96. The summed E-state index contributed by atoms with van der Waals surface area (Å²) in [5, 5.41) is 12.3. The van der Waals surface area contributed by atoms with Gasteiger partial charge in [0.15, 0.2) is 11.6 Å². The first-order chi connectivity index (χ1) is 9.49. The molecule has 110 valence electrons. The van der Waals surface area contributed by atoms with Crippen molar-refractivity contribution in [3.05, 3.63) is 35.4 Å². The van der Waals surface area contributed by atoms with Crippen molar-refractivity contribution in [3.8, 4) is 0 Å². The van der Waals surface area contributed by atoms with E-state index in [9.17, 15) is 13.6 Å². The van der Waals surface area contributed by atoms with Crippen molar-refractivity contribution in [2.45, 2.75) is 44.7 Å². The molecule has 0 aliphatic heterocycles. The highest BCUT2D eigenvalue weighted by Gasteiger charge is 2.28. The van der Waals surface area contributed by atoms with E-state index < -0.39 is 17.6 Å². The Morgan fingerprint density at radius 1 is 1.40 bits per heavy atom. The van der Waals surface area contributed by atoms with Gasteiger partial charge < -0.3 is 10.4 Å². The van der Waals surface area contributed by atoms with Crippen LogP contribution in [0.25, 0.3) is 0 Å². The molecule has 1 saturated carbocycles. The zero-order chi connectivity index (χ0) is 14.7. The number of benzene rings is 1. The van der Waals surface area contributed by atoms with E-state index in [4.69, 9.17) is 5.11 Å². The molecule has 2 N–H and O–H groups in total.